The number of carbonyl (C=O) groups is 2. The number of nitrogens with zero attached hydrogens (tertiary/aromatic N) is 2. The standard InChI is InChI=1S/C16H19N3O6S/c1-10-15(11(2)25-18-10)16(21)24-9-14(20)17-12-5-7-13(8-6-12)26(22,23)19(3)4/h5-8H,9H2,1-4H3,(H,17,20). The third kappa shape index (κ3) is 4.27. The van der Waals surface area contributed by atoms with Crippen molar-refractivity contribution in [1.82, 2.24) is 9.46 Å². The maximum absolute atomic E-state index is 12.0. The Kier molecular flexibility index (Phi) is 5.78. The average molecular weight is 381 g/mol. The van der Waals surface area contributed by atoms with Gasteiger partial charge in [0.1, 0.15) is 11.3 Å². The average Bonchev–Trinajstić information content (AvgIpc) is 2.92. The molecule has 0 fully saturated rings. The molecule has 10 heteroatoms. The summed E-state index contributed by atoms with van der Waals surface area (Å²) in [4.78, 5) is 23.9. The molecule has 0 saturated carbocycles. The number of nitrogens with one attached hydrogen (secondary N) is 1. The molecule has 26 heavy (non-hydrogen) atoms. The van der Waals surface area contributed by atoms with Gasteiger partial charge in [0, 0.05) is 19.8 Å². The highest BCUT2D eigenvalue weighted by molar-refractivity contribution is 7.89. The van der Waals surface area contributed by atoms with Crippen LogP contribution in [0.2, 0.25) is 0 Å². The van der Waals surface area contributed by atoms with Gasteiger partial charge in [0.15, 0.2) is 6.61 Å². The van der Waals surface area contributed by atoms with Gasteiger partial charge in [-0.2, -0.15) is 0 Å². The molecule has 0 atom stereocenters. The normalized spacial score (nSPS) is 11.4. The smallest absolute Gasteiger partial charge is 0.344 e. The second kappa shape index (κ2) is 7.67. The summed E-state index contributed by atoms with van der Waals surface area (Å²) in [5, 5.41) is 6.16. The summed E-state index contributed by atoms with van der Waals surface area (Å²) in [6, 6.07) is 5.65. The van der Waals surface area contributed by atoms with Gasteiger partial charge in [0.2, 0.25) is 10.0 Å². The number of rotatable bonds is 6. The predicted molar refractivity (Wildman–Crippen MR) is 92.2 cm³/mol. The number of ether oxygens (including phenoxy) is 1. The molecule has 2 rings (SSSR count). The minimum atomic E-state index is -3.54. The van der Waals surface area contributed by atoms with E-state index in [1.165, 1.54) is 38.4 Å². The van der Waals surface area contributed by atoms with E-state index in [1.807, 2.05) is 0 Å². The lowest BCUT2D eigenvalue weighted by Crippen LogP contribution is -2.23. The van der Waals surface area contributed by atoms with Gasteiger partial charge in [-0.05, 0) is 38.1 Å². The molecule has 0 unspecified atom stereocenters. The lowest BCUT2D eigenvalue weighted by atomic mass is 10.2. The van der Waals surface area contributed by atoms with Crippen molar-refractivity contribution in [3.8, 4) is 0 Å². The molecule has 0 bridgehead atoms. The van der Waals surface area contributed by atoms with Crippen molar-refractivity contribution in [3.63, 3.8) is 0 Å². The van der Waals surface area contributed by atoms with Gasteiger partial charge in [-0.15, -0.1) is 0 Å². The van der Waals surface area contributed by atoms with E-state index in [0.29, 0.717) is 17.1 Å². The summed E-state index contributed by atoms with van der Waals surface area (Å²) in [5.74, 6) is -0.956. The Morgan fingerprint density at radius 1 is 1.19 bits per heavy atom. The Bertz CT molecular complexity index is 896. The predicted octanol–water partition coefficient (Wildman–Crippen LogP) is 1.34. The van der Waals surface area contributed by atoms with Gasteiger partial charge in [-0.1, -0.05) is 5.16 Å². The van der Waals surface area contributed by atoms with E-state index in [2.05, 4.69) is 10.5 Å². The summed E-state index contributed by atoms with van der Waals surface area (Å²) >= 11 is 0. The number of aryl methyl sites for hydroxylation is 2. The summed E-state index contributed by atoms with van der Waals surface area (Å²) in [7, 11) is -0.683. The SMILES string of the molecule is Cc1noc(C)c1C(=O)OCC(=O)Nc1ccc(S(=O)(=O)N(C)C)cc1. The van der Waals surface area contributed by atoms with Crippen LogP contribution < -0.4 is 5.32 Å². The zero-order valence-electron chi connectivity index (χ0n) is 14.8. The van der Waals surface area contributed by atoms with Crippen molar-refractivity contribution in [2.45, 2.75) is 18.7 Å². The second-order valence-corrected chi connectivity index (χ2v) is 7.79. The van der Waals surface area contributed by atoms with Crippen molar-refractivity contribution in [2.75, 3.05) is 26.0 Å². The molecule has 1 aromatic carbocycles. The molecule has 9 nitrogen and oxygen atoms in total. The quantitative estimate of drug-likeness (QED) is 0.750. The van der Waals surface area contributed by atoms with Crippen LogP contribution in [0.3, 0.4) is 0 Å². The Morgan fingerprint density at radius 2 is 1.81 bits per heavy atom. The highest BCUT2D eigenvalue weighted by Gasteiger charge is 2.20. The van der Waals surface area contributed by atoms with Crippen LogP contribution in [0.25, 0.3) is 0 Å². The fraction of sp³-hybridized carbons (Fsp3) is 0.312. The highest BCUT2D eigenvalue weighted by atomic mass is 32.2. The van der Waals surface area contributed by atoms with E-state index < -0.39 is 28.5 Å². The fourth-order valence-electron chi connectivity index (χ4n) is 2.10. The molecule has 0 aliphatic carbocycles. The van der Waals surface area contributed by atoms with Crippen LogP contribution >= 0.6 is 0 Å². The first-order valence-electron chi connectivity index (χ1n) is 7.55. The van der Waals surface area contributed by atoms with Crippen LogP contribution in [0.1, 0.15) is 21.8 Å². The Morgan fingerprint density at radius 3 is 2.31 bits per heavy atom. The number of esters is 1. The van der Waals surface area contributed by atoms with Gasteiger partial charge in [-0.3, -0.25) is 4.79 Å². The summed E-state index contributed by atoms with van der Waals surface area (Å²) < 4.78 is 34.9. The van der Waals surface area contributed by atoms with E-state index in [-0.39, 0.29) is 10.5 Å². The molecular formula is C16H19N3O6S. The van der Waals surface area contributed by atoms with Crippen molar-refractivity contribution < 1.29 is 27.3 Å². The van der Waals surface area contributed by atoms with Gasteiger partial charge in [0.05, 0.1) is 10.6 Å². The third-order valence-electron chi connectivity index (χ3n) is 3.49. The molecule has 1 aromatic heterocycles. The number of anilines is 1. The molecule has 1 heterocycles. The number of carbonyl (C=O) groups excluding carboxylic acids is 2. The second-order valence-electron chi connectivity index (χ2n) is 5.64. The lowest BCUT2D eigenvalue weighted by Gasteiger charge is -2.12. The van der Waals surface area contributed by atoms with E-state index >= 15 is 0 Å². The largest absolute Gasteiger partial charge is 0.452 e. The van der Waals surface area contributed by atoms with E-state index in [1.54, 1.807) is 13.8 Å². The van der Waals surface area contributed by atoms with Crippen molar-refractivity contribution in [3.05, 3.63) is 41.3 Å². The number of sulfonamides is 1. The maximum Gasteiger partial charge on any atom is 0.344 e. The van der Waals surface area contributed by atoms with Crippen LogP contribution in [0.5, 0.6) is 0 Å². The number of benzene rings is 1. The van der Waals surface area contributed by atoms with E-state index in [9.17, 15) is 18.0 Å². The Hall–Kier alpha value is -2.72. The number of amides is 1. The zero-order chi connectivity index (χ0) is 19.5. The molecule has 0 spiro atoms. The molecule has 0 saturated heterocycles. The monoisotopic (exact) mass is 381 g/mol. The van der Waals surface area contributed by atoms with Crippen molar-refractivity contribution >= 4 is 27.6 Å². The number of aromatic nitrogens is 1. The van der Waals surface area contributed by atoms with Gasteiger partial charge in [-0.25, -0.2) is 17.5 Å². The number of hydrogen-bond donors (Lipinski definition) is 1. The Balaban J connectivity index is 1.95. The minimum Gasteiger partial charge on any atom is -0.452 e. The Labute approximate surface area is 151 Å². The first-order chi connectivity index (χ1) is 12.1. The third-order valence-corrected chi connectivity index (χ3v) is 5.32. The fourth-order valence-corrected chi connectivity index (χ4v) is 3.00. The summed E-state index contributed by atoms with van der Waals surface area (Å²) in [6.45, 7) is 2.66. The molecule has 0 aliphatic heterocycles. The van der Waals surface area contributed by atoms with Crippen LogP contribution in [0.15, 0.2) is 33.7 Å². The first kappa shape index (κ1) is 19.6. The molecule has 2 aromatic rings. The lowest BCUT2D eigenvalue weighted by molar-refractivity contribution is -0.119. The van der Waals surface area contributed by atoms with Crippen molar-refractivity contribution in [2.24, 2.45) is 0 Å². The first-order valence-corrected chi connectivity index (χ1v) is 8.99. The molecule has 140 valence electrons. The van der Waals surface area contributed by atoms with Gasteiger partial charge >= 0.3 is 5.97 Å². The zero-order valence-corrected chi connectivity index (χ0v) is 15.6. The maximum atomic E-state index is 12.0. The van der Waals surface area contributed by atoms with Gasteiger partial charge < -0.3 is 14.6 Å². The minimum absolute atomic E-state index is 0.102. The molecular weight excluding hydrogens is 362 g/mol. The topological polar surface area (TPSA) is 119 Å². The highest BCUT2D eigenvalue weighted by Crippen LogP contribution is 2.17. The van der Waals surface area contributed by atoms with E-state index in [4.69, 9.17) is 9.26 Å². The summed E-state index contributed by atoms with van der Waals surface area (Å²) in [6.07, 6.45) is 0. The summed E-state index contributed by atoms with van der Waals surface area (Å²) in [5.41, 5.74) is 0.947. The van der Waals surface area contributed by atoms with Crippen LogP contribution in [-0.4, -0.2) is 50.5 Å². The molecule has 0 aliphatic rings. The van der Waals surface area contributed by atoms with Crippen LogP contribution in [0.4, 0.5) is 5.69 Å². The van der Waals surface area contributed by atoms with Crippen LogP contribution in [-0.2, 0) is 19.6 Å². The number of hydrogen-bond acceptors (Lipinski definition) is 7. The van der Waals surface area contributed by atoms with E-state index in [0.717, 1.165) is 4.31 Å². The van der Waals surface area contributed by atoms with Crippen molar-refractivity contribution in [1.29, 1.82) is 0 Å². The van der Waals surface area contributed by atoms with Gasteiger partial charge in [0.25, 0.3) is 5.91 Å². The van der Waals surface area contributed by atoms with Crippen LogP contribution in [0, 0.1) is 13.8 Å². The molecule has 0 radical (unpaired) electrons. The molecule has 1 amide bonds. The molecule has 1 N–H and O–H groups in total.